The van der Waals surface area contributed by atoms with Crippen molar-refractivity contribution >= 4 is 15.7 Å². The van der Waals surface area contributed by atoms with E-state index in [4.69, 9.17) is 0 Å². The Bertz CT molecular complexity index is 649. The van der Waals surface area contributed by atoms with Crippen LogP contribution >= 0.6 is 0 Å². The number of nitrogens with one attached hydrogen (secondary N) is 1. The molecule has 23 heavy (non-hydrogen) atoms. The normalized spacial score (nSPS) is 19.1. The van der Waals surface area contributed by atoms with Crippen molar-refractivity contribution in [3.63, 3.8) is 0 Å². The Labute approximate surface area is 137 Å². The number of benzene rings is 1. The molecule has 0 bridgehead atoms. The highest BCUT2D eigenvalue weighted by Gasteiger charge is 2.35. The van der Waals surface area contributed by atoms with Gasteiger partial charge in [0, 0.05) is 18.2 Å². The topological polar surface area (TPSA) is 63.2 Å². The van der Waals surface area contributed by atoms with Crippen LogP contribution in [0.2, 0.25) is 0 Å². The zero-order valence-electron chi connectivity index (χ0n) is 13.6. The molecule has 0 aromatic heterocycles. The molecule has 1 saturated carbocycles. The van der Waals surface area contributed by atoms with Crippen molar-refractivity contribution in [2.45, 2.75) is 49.7 Å². The molecule has 1 unspecified atom stereocenters. The fourth-order valence-corrected chi connectivity index (χ4v) is 3.67. The second kappa shape index (κ2) is 6.99. The minimum Gasteiger partial charge on any atom is -0.354 e. The van der Waals surface area contributed by atoms with Crippen LogP contribution in [0.15, 0.2) is 24.3 Å². The van der Waals surface area contributed by atoms with Crippen molar-refractivity contribution < 1.29 is 17.6 Å². The summed E-state index contributed by atoms with van der Waals surface area (Å²) in [6.45, 7) is 1.79. The number of halogens is 1. The molecule has 1 aliphatic rings. The van der Waals surface area contributed by atoms with E-state index < -0.39 is 21.0 Å². The molecule has 0 spiro atoms. The molecule has 6 heteroatoms. The van der Waals surface area contributed by atoms with Crippen molar-refractivity contribution in [2.75, 3.05) is 12.8 Å². The Morgan fingerprint density at radius 2 is 1.78 bits per heavy atom. The summed E-state index contributed by atoms with van der Waals surface area (Å²) < 4.78 is 36.2. The Morgan fingerprint density at radius 3 is 2.30 bits per heavy atom. The Balaban J connectivity index is 2.16. The Morgan fingerprint density at radius 1 is 1.22 bits per heavy atom. The van der Waals surface area contributed by atoms with E-state index >= 15 is 0 Å². The molecule has 0 heterocycles. The molecule has 1 atom stereocenters. The van der Waals surface area contributed by atoms with Gasteiger partial charge in [-0.05, 0) is 37.5 Å². The molecule has 1 aliphatic carbocycles. The Hall–Kier alpha value is -1.43. The zero-order chi connectivity index (χ0) is 17.1. The minimum absolute atomic E-state index is 0.237. The van der Waals surface area contributed by atoms with Gasteiger partial charge >= 0.3 is 0 Å². The van der Waals surface area contributed by atoms with Crippen LogP contribution < -0.4 is 5.32 Å². The van der Waals surface area contributed by atoms with Crippen LogP contribution in [0.3, 0.4) is 0 Å². The van der Waals surface area contributed by atoms with Crippen molar-refractivity contribution in [2.24, 2.45) is 0 Å². The lowest BCUT2D eigenvalue weighted by Gasteiger charge is -2.38. The van der Waals surface area contributed by atoms with Gasteiger partial charge in [-0.25, -0.2) is 12.8 Å². The first-order chi connectivity index (χ1) is 10.7. The molecule has 1 fully saturated rings. The number of amides is 1. The fourth-order valence-electron chi connectivity index (χ4n) is 3.19. The van der Waals surface area contributed by atoms with Gasteiger partial charge < -0.3 is 5.32 Å². The van der Waals surface area contributed by atoms with Crippen LogP contribution in [0.1, 0.15) is 44.6 Å². The minimum atomic E-state index is -3.41. The van der Waals surface area contributed by atoms with Gasteiger partial charge in [0.05, 0.1) is 0 Å². The van der Waals surface area contributed by atoms with Crippen LogP contribution in [-0.4, -0.2) is 32.4 Å². The Kier molecular flexibility index (Phi) is 5.45. The number of hydrogen-bond acceptors (Lipinski definition) is 3. The van der Waals surface area contributed by atoms with E-state index in [0.29, 0.717) is 6.54 Å². The monoisotopic (exact) mass is 341 g/mol. The molecule has 128 valence electrons. The highest BCUT2D eigenvalue weighted by atomic mass is 32.2. The smallest absolute Gasteiger partial charge is 0.238 e. The number of rotatable bonds is 5. The first-order valence-electron chi connectivity index (χ1n) is 7.97. The van der Waals surface area contributed by atoms with Gasteiger partial charge in [-0.3, -0.25) is 4.79 Å². The summed E-state index contributed by atoms with van der Waals surface area (Å²) >= 11 is 0. The van der Waals surface area contributed by atoms with Crippen LogP contribution in [0.4, 0.5) is 4.39 Å². The summed E-state index contributed by atoms with van der Waals surface area (Å²) in [6, 6.07) is 6.42. The zero-order valence-corrected chi connectivity index (χ0v) is 14.5. The largest absolute Gasteiger partial charge is 0.354 e. The van der Waals surface area contributed by atoms with E-state index in [0.717, 1.165) is 43.9 Å². The molecular weight excluding hydrogens is 317 g/mol. The quantitative estimate of drug-likeness (QED) is 0.895. The van der Waals surface area contributed by atoms with Crippen LogP contribution in [0, 0.1) is 5.82 Å². The molecular formula is C17H24FNO3S. The second-order valence-corrected chi connectivity index (χ2v) is 8.90. The van der Waals surface area contributed by atoms with Gasteiger partial charge in [0.25, 0.3) is 0 Å². The highest BCUT2D eigenvalue weighted by Crippen LogP contribution is 2.39. The average Bonchev–Trinajstić information content (AvgIpc) is 2.52. The number of sulfone groups is 1. The molecule has 2 rings (SSSR count). The molecule has 1 N–H and O–H groups in total. The maximum absolute atomic E-state index is 13.2. The summed E-state index contributed by atoms with van der Waals surface area (Å²) in [4.78, 5) is 12.1. The van der Waals surface area contributed by atoms with Crippen molar-refractivity contribution in [1.29, 1.82) is 0 Å². The molecule has 0 radical (unpaired) electrons. The summed E-state index contributed by atoms with van der Waals surface area (Å²) in [7, 11) is -3.41. The average molecular weight is 341 g/mol. The number of carbonyl (C=O) groups excluding carboxylic acids is 1. The van der Waals surface area contributed by atoms with Gasteiger partial charge in [-0.1, -0.05) is 31.4 Å². The van der Waals surface area contributed by atoms with E-state index in [1.807, 2.05) is 0 Å². The molecule has 1 aromatic carbocycles. The van der Waals surface area contributed by atoms with E-state index in [2.05, 4.69) is 5.32 Å². The van der Waals surface area contributed by atoms with Gasteiger partial charge in [-0.15, -0.1) is 0 Å². The SMILES string of the molecule is CC(C(=O)NCC1(c2ccc(F)cc2)CCCCC1)S(C)(=O)=O. The molecule has 0 saturated heterocycles. The molecule has 0 aliphatic heterocycles. The first kappa shape index (κ1) is 17.9. The molecule has 4 nitrogen and oxygen atoms in total. The first-order valence-corrected chi connectivity index (χ1v) is 9.93. The lowest BCUT2D eigenvalue weighted by Crippen LogP contribution is -2.46. The van der Waals surface area contributed by atoms with Crippen molar-refractivity contribution in [3.05, 3.63) is 35.6 Å². The van der Waals surface area contributed by atoms with Gasteiger partial charge in [0.2, 0.25) is 5.91 Å². The maximum Gasteiger partial charge on any atom is 0.238 e. The van der Waals surface area contributed by atoms with Crippen LogP contribution in [-0.2, 0) is 20.0 Å². The summed E-state index contributed by atoms with van der Waals surface area (Å²) in [5.74, 6) is -0.756. The molecule has 1 amide bonds. The predicted octanol–water partition coefficient (Wildman–Crippen LogP) is 2.58. The fraction of sp³-hybridized carbons (Fsp3) is 0.588. The van der Waals surface area contributed by atoms with Gasteiger partial charge in [0.15, 0.2) is 9.84 Å². The maximum atomic E-state index is 13.2. The predicted molar refractivity (Wildman–Crippen MR) is 88.5 cm³/mol. The van der Waals surface area contributed by atoms with E-state index in [1.54, 1.807) is 12.1 Å². The van der Waals surface area contributed by atoms with Crippen LogP contribution in [0.25, 0.3) is 0 Å². The number of carbonyl (C=O) groups is 1. The summed E-state index contributed by atoms with van der Waals surface area (Å²) in [5.41, 5.74) is 0.768. The van der Waals surface area contributed by atoms with E-state index in [-0.39, 0.29) is 11.2 Å². The van der Waals surface area contributed by atoms with E-state index in [1.165, 1.54) is 19.1 Å². The van der Waals surface area contributed by atoms with Crippen LogP contribution in [0.5, 0.6) is 0 Å². The van der Waals surface area contributed by atoms with Crippen molar-refractivity contribution in [3.8, 4) is 0 Å². The third-order valence-corrected chi connectivity index (χ3v) is 6.38. The lowest BCUT2D eigenvalue weighted by molar-refractivity contribution is -0.120. The second-order valence-electron chi connectivity index (χ2n) is 6.54. The third kappa shape index (κ3) is 4.31. The summed E-state index contributed by atoms with van der Waals surface area (Å²) in [6.07, 6.45) is 6.13. The van der Waals surface area contributed by atoms with Gasteiger partial charge in [-0.2, -0.15) is 0 Å². The lowest BCUT2D eigenvalue weighted by atomic mass is 9.69. The third-order valence-electron chi connectivity index (χ3n) is 4.88. The highest BCUT2D eigenvalue weighted by molar-refractivity contribution is 7.92. The van der Waals surface area contributed by atoms with Crippen molar-refractivity contribution in [1.82, 2.24) is 5.32 Å². The summed E-state index contributed by atoms with van der Waals surface area (Å²) in [5, 5.41) is 1.74. The standard InChI is InChI=1S/C17H24FNO3S/c1-13(23(2,21)22)16(20)19-12-17(10-4-3-5-11-17)14-6-8-15(18)9-7-14/h6-9,13H,3-5,10-12H2,1-2H3,(H,19,20). The van der Waals surface area contributed by atoms with E-state index in [9.17, 15) is 17.6 Å². The number of hydrogen-bond donors (Lipinski definition) is 1. The van der Waals surface area contributed by atoms with Gasteiger partial charge in [0.1, 0.15) is 11.1 Å². The molecule has 1 aromatic rings.